The Labute approximate surface area is 128 Å². The van der Waals surface area contributed by atoms with E-state index in [1.54, 1.807) is 11.8 Å². The number of benzene rings is 2. The Balaban J connectivity index is 2.19. The minimum Gasteiger partial charge on any atom is -0.497 e. The van der Waals surface area contributed by atoms with Gasteiger partial charge in [0.25, 0.3) is 0 Å². The first-order valence-corrected chi connectivity index (χ1v) is 6.80. The van der Waals surface area contributed by atoms with Crippen LogP contribution in [0, 0.1) is 18.3 Å². The number of ether oxygens (including phenoxy) is 1. The summed E-state index contributed by atoms with van der Waals surface area (Å²) >= 11 is 0. The van der Waals surface area contributed by atoms with Gasteiger partial charge in [0.2, 0.25) is 0 Å². The van der Waals surface area contributed by atoms with Gasteiger partial charge >= 0.3 is 0 Å². The van der Waals surface area contributed by atoms with Crippen LogP contribution >= 0.6 is 0 Å². The third kappa shape index (κ3) is 2.42. The highest BCUT2D eigenvalue weighted by Gasteiger charge is 2.16. The van der Waals surface area contributed by atoms with E-state index in [-0.39, 0.29) is 0 Å². The van der Waals surface area contributed by atoms with Gasteiger partial charge in [-0.15, -0.1) is 5.10 Å². The quantitative estimate of drug-likeness (QED) is 0.743. The summed E-state index contributed by atoms with van der Waals surface area (Å²) in [4.78, 5) is 0. The third-order valence-corrected chi connectivity index (χ3v) is 3.40. The van der Waals surface area contributed by atoms with Crippen LogP contribution in [0.3, 0.4) is 0 Å². The van der Waals surface area contributed by atoms with Crippen molar-refractivity contribution >= 4 is 0 Å². The largest absolute Gasteiger partial charge is 0.497 e. The van der Waals surface area contributed by atoms with Crippen LogP contribution in [-0.2, 0) is 0 Å². The van der Waals surface area contributed by atoms with Gasteiger partial charge in [-0.1, -0.05) is 41.1 Å². The second-order valence-corrected chi connectivity index (χ2v) is 4.88. The van der Waals surface area contributed by atoms with Gasteiger partial charge in [-0.3, -0.25) is 0 Å². The first-order valence-electron chi connectivity index (χ1n) is 6.80. The number of nitrogens with zero attached hydrogens (tertiary/aromatic N) is 4. The summed E-state index contributed by atoms with van der Waals surface area (Å²) in [6.07, 6.45) is 0. The van der Waals surface area contributed by atoms with Gasteiger partial charge < -0.3 is 4.74 Å². The number of rotatable bonds is 3. The highest BCUT2D eigenvalue weighted by molar-refractivity contribution is 5.67. The summed E-state index contributed by atoms with van der Waals surface area (Å²) in [7, 11) is 1.61. The molecule has 0 amide bonds. The molecule has 2 aromatic carbocycles. The van der Waals surface area contributed by atoms with E-state index in [4.69, 9.17) is 4.74 Å². The number of hydrogen-bond donors (Lipinski definition) is 0. The molecule has 0 saturated carbocycles. The van der Waals surface area contributed by atoms with E-state index in [1.165, 1.54) is 0 Å². The summed E-state index contributed by atoms with van der Waals surface area (Å²) in [5, 5.41) is 17.4. The molecule has 1 heterocycles. The van der Waals surface area contributed by atoms with Crippen molar-refractivity contribution in [1.29, 1.82) is 5.26 Å². The van der Waals surface area contributed by atoms with E-state index in [2.05, 4.69) is 16.4 Å². The van der Waals surface area contributed by atoms with Gasteiger partial charge in [-0.25, -0.2) is 4.68 Å². The lowest BCUT2D eigenvalue weighted by Gasteiger charge is -2.08. The minimum atomic E-state index is 0.298. The van der Waals surface area contributed by atoms with Crippen LogP contribution in [0.4, 0.5) is 0 Å². The van der Waals surface area contributed by atoms with Crippen LogP contribution in [0.25, 0.3) is 16.9 Å². The molecule has 0 fully saturated rings. The topological polar surface area (TPSA) is 63.7 Å². The normalized spacial score (nSPS) is 10.2. The fraction of sp³-hybridized carbons (Fsp3) is 0.118. The highest BCUT2D eigenvalue weighted by Crippen LogP contribution is 2.26. The predicted octanol–water partition coefficient (Wildman–Crippen LogP) is 3.12. The zero-order chi connectivity index (χ0) is 15.5. The van der Waals surface area contributed by atoms with Crippen molar-refractivity contribution in [3.8, 4) is 28.8 Å². The molecule has 0 saturated heterocycles. The highest BCUT2D eigenvalue weighted by atomic mass is 16.5. The zero-order valence-corrected chi connectivity index (χ0v) is 12.3. The van der Waals surface area contributed by atoms with Gasteiger partial charge in [0, 0.05) is 11.6 Å². The molecule has 0 aliphatic rings. The van der Waals surface area contributed by atoms with Gasteiger partial charge in [-0.2, -0.15) is 5.26 Å². The monoisotopic (exact) mass is 290 g/mol. The molecule has 0 unspecified atom stereocenters. The number of hydrogen-bond acceptors (Lipinski definition) is 4. The maximum atomic E-state index is 9.30. The van der Waals surface area contributed by atoms with E-state index >= 15 is 0 Å². The second-order valence-electron chi connectivity index (χ2n) is 4.88. The molecule has 0 radical (unpaired) electrons. The Kier molecular flexibility index (Phi) is 3.58. The van der Waals surface area contributed by atoms with E-state index in [0.29, 0.717) is 11.4 Å². The Morgan fingerprint density at radius 2 is 1.91 bits per heavy atom. The molecule has 3 aromatic rings. The van der Waals surface area contributed by atoms with Crippen LogP contribution < -0.4 is 4.74 Å². The average molecular weight is 290 g/mol. The lowest BCUT2D eigenvalue weighted by molar-refractivity contribution is 0.414. The van der Waals surface area contributed by atoms with Crippen molar-refractivity contribution in [2.45, 2.75) is 6.92 Å². The molecule has 0 aliphatic carbocycles. The lowest BCUT2D eigenvalue weighted by atomic mass is 10.1. The summed E-state index contributed by atoms with van der Waals surface area (Å²) in [5.41, 5.74) is 3.82. The van der Waals surface area contributed by atoms with Crippen molar-refractivity contribution in [2.24, 2.45) is 0 Å². The molecule has 3 rings (SSSR count). The number of nitriles is 1. The van der Waals surface area contributed by atoms with Crippen LogP contribution in [0.5, 0.6) is 5.75 Å². The van der Waals surface area contributed by atoms with Crippen molar-refractivity contribution in [2.75, 3.05) is 7.11 Å². The minimum absolute atomic E-state index is 0.298. The van der Waals surface area contributed by atoms with E-state index < -0.39 is 0 Å². The fourth-order valence-corrected chi connectivity index (χ4v) is 2.25. The molecule has 0 atom stereocenters. The van der Waals surface area contributed by atoms with Gasteiger partial charge in [0.1, 0.15) is 17.5 Å². The molecule has 1 aromatic heterocycles. The SMILES string of the molecule is COc1cccc(-n2nnc(C#N)c2-c2ccc(C)cc2)c1. The van der Waals surface area contributed by atoms with Gasteiger partial charge in [0.05, 0.1) is 12.8 Å². The molecular weight excluding hydrogens is 276 g/mol. The predicted molar refractivity (Wildman–Crippen MR) is 82.8 cm³/mol. The molecule has 5 heteroatoms. The molecule has 108 valence electrons. The number of aryl methyl sites for hydroxylation is 1. The molecular formula is C17H14N4O. The molecule has 5 nitrogen and oxygen atoms in total. The van der Waals surface area contributed by atoms with Crippen LogP contribution in [0.1, 0.15) is 11.3 Å². The second kappa shape index (κ2) is 5.70. The molecule has 0 spiro atoms. The first kappa shape index (κ1) is 13.8. The average Bonchev–Trinajstić information content (AvgIpc) is 2.99. The van der Waals surface area contributed by atoms with Crippen LogP contribution in [-0.4, -0.2) is 22.1 Å². The standard InChI is InChI=1S/C17H14N4O/c1-12-6-8-13(9-7-12)17-16(11-18)19-20-21(17)14-4-3-5-15(10-14)22-2/h3-10H,1-2H3. The van der Waals surface area contributed by atoms with Crippen molar-refractivity contribution in [3.05, 3.63) is 59.8 Å². The summed E-state index contributed by atoms with van der Waals surface area (Å²) < 4.78 is 6.90. The Morgan fingerprint density at radius 1 is 1.14 bits per heavy atom. The zero-order valence-electron chi connectivity index (χ0n) is 12.3. The molecule has 22 heavy (non-hydrogen) atoms. The Hall–Kier alpha value is -3.13. The summed E-state index contributed by atoms with van der Waals surface area (Å²) in [6, 6.07) is 17.5. The molecule has 0 aliphatic heterocycles. The van der Waals surface area contributed by atoms with Gasteiger partial charge in [0.15, 0.2) is 5.69 Å². The molecule has 0 bridgehead atoms. The van der Waals surface area contributed by atoms with Gasteiger partial charge in [-0.05, 0) is 19.1 Å². The molecule has 0 N–H and O–H groups in total. The maximum absolute atomic E-state index is 9.30. The number of methoxy groups -OCH3 is 1. The Morgan fingerprint density at radius 3 is 2.59 bits per heavy atom. The fourth-order valence-electron chi connectivity index (χ4n) is 2.25. The summed E-state index contributed by atoms with van der Waals surface area (Å²) in [6.45, 7) is 2.02. The van der Waals surface area contributed by atoms with E-state index in [0.717, 1.165) is 22.6 Å². The smallest absolute Gasteiger partial charge is 0.191 e. The third-order valence-electron chi connectivity index (χ3n) is 3.40. The van der Waals surface area contributed by atoms with Crippen LogP contribution in [0.15, 0.2) is 48.5 Å². The van der Waals surface area contributed by atoms with Crippen molar-refractivity contribution in [3.63, 3.8) is 0 Å². The summed E-state index contributed by atoms with van der Waals surface area (Å²) in [5.74, 6) is 0.723. The first-order chi connectivity index (χ1) is 10.7. The van der Waals surface area contributed by atoms with Crippen molar-refractivity contribution in [1.82, 2.24) is 15.0 Å². The van der Waals surface area contributed by atoms with E-state index in [9.17, 15) is 5.26 Å². The Bertz CT molecular complexity index is 844. The maximum Gasteiger partial charge on any atom is 0.191 e. The lowest BCUT2D eigenvalue weighted by Crippen LogP contribution is -2.00. The van der Waals surface area contributed by atoms with E-state index in [1.807, 2.05) is 55.5 Å². The van der Waals surface area contributed by atoms with Crippen LogP contribution in [0.2, 0.25) is 0 Å². The van der Waals surface area contributed by atoms with Crippen molar-refractivity contribution < 1.29 is 4.74 Å². The number of aromatic nitrogens is 3.